The Hall–Kier alpha value is -1.95. The van der Waals surface area contributed by atoms with Crippen molar-refractivity contribution in [3.63, 3.8) is 0 Å². The van der Waals surface area contributed by atoms with E-state index >= 15 is 0 Å². The molecule has 0 aromatic heterocycles. The molecule has 160 valence electrons. The molecule has 0 unspecified atom stereocenters. The smallest absolute Gasteiger partial charge is 0.370 e. The largest absolute Gasteiger partial charge is 0.428 e. The van der Waals surface area contributed by atoms with Crippen LogP contribution in [0.5, 0.6) is 0 Å². The van der Waals surface area contributed by atoms with Crippen LogP contribution in [0.4, 0.5) is 4.79 Å². The zero-order chi connectivity index (χ0) is 21.9. The van der Waals surface area contributed by atoms with Gasteiger partial charge in [-0.15, -0.1) is 0 Å². The van der Waals surface area contributed by atoms with Crippen molar-refractivity contribution >= 4 is 53.5 Å². The first-order chi connectivity index (χ1) is 12.8. The maximum absolute atomic E-state index is 12.1. The lowest BCUT2D eigenvalue weighted by Gasteiger charge is -2.22. The average Bonchev–Trinajstić information content (AvgIpc) is 2.56. The van der Waals surface area contributed by atoms with Crippen molar-refractivity contribution in [2.24, 2.45) is 5.92 Å². The third kappa shape index (κ3) is 11.7. The van der Waals surface area contributed by atoms with Crippen molar-refractivity contribution in [3.05, 3.63) is 0 Å². The lowest BCUT2D eigenvalue weighted by atomic mass is 10.2. The summed E-state index contributed by atoms with van der Waals surface area (Å²) >= 11 is 4.66. The molecule has 0 aliphatic carbocycles. The third-order valence-electron chi connectivity index (χ3n) is 2.83. The van der Waals surface area contributed by atoms with Gasteiger partial charge in [0.15, 0.2) is 0 Å². The maximum atomic E-state index is 12.1. The zero-order valence-electron chi connectivity index (χ0n) is 16.3. The van der Waals surface area contributed by atoms with Crippen molar-refractivity contribution in [1.29, 1.82) is 0 Å². The van der Waals surface area contributed by atoms with Gasteiger partial charge in [0.2, 0.25) is 19.5 Å². The van der Waals surface area contributed by atoms with Gasteiger partial charge in [0.05, 0.1) is 10.7 Å². The van der Waals surface area contributed by atoms with Crippen LogP contribution in [0.25, 0.3) is 0 Å². The minimum absolute atomic E-state index is 0.231. The molecule has 0 aromatic carbocycles. The van der Waals surface area contributed by atoms with E-state index in [1.54, 1.807) is 13.8 Å². The number of thiol groups is 1. The summed E-state index contributed by atoms with van der Waals surface area (Å²) in [5.41, 5.74) is 0. The Kier molecular flexibility index (Phi) is 11.6. The van der Waals surface area contributed by atoms with Crippen LogP contribution in [0.3, 0.4) is 0 Å². The van der Waals surface area contributed by atoms with E-state index in [4.69, 9.17) is 14.2 Å². The van der Waals surface area contributed by atoms with E-state index in [1.165, 1.54) is 13.8 Å². The van der Waals surface area contributed by atoms with Crippen LogP contribution >= 0.6 is 24.4 Å². The number of amides is 1. The predicted octanol–water partition coefficient (Wildman–Crippen LogP) is 1.27. The summed E-state index contributed by atoms with van der Waals surface area (Å²) in [6.07, 6.45) is 0. The van der Waals surface area contributed by atoms with Gasteiger partial charge in [-0.05, 0) is 25.6 Å². The van der Waals surface area contributed by atoms with Crippen molar-refractivity contribution in [2.45, 2.75) is 45.4 Å². The normalized spacial score (nSPS) is 12.0. The topological polar surface area (TPSA) is 134 Å². The Labute approximate surface area is 172 Å². The summed E-state index contributed by atoms with van der Waals surface area (Å²) in [6.45, 7) is 6.20. The fourth-order valence-corrected chi connectivity index (χ4v) is 1.99. The van der Waals surface area contributed by atoms with Crippen LogP contribution in [-0.2, 0) is 38.1 Å². The molecule has 0 aliphatic heterocycles. The van der Waals surface area contributed by atoms with Crippen LogP contribution in [0, 0.1) is 5.92 Å². The van der Waals surface area contributed by atoms with Crippen molar-refractivity contribution < 1.29 is 42.9 Å². The van der Waals surface area contributed by atoms with Gasteiger partial charge in [0.1, 0.15) is 6.04 Å². The highest BCUT2D eigenvalue weighted by atomic mass is 32.2. The van der Waals surface area contributed by atoms with Gasteiger partial charge in [-0.3, -0.25) is 14.4 Å². The molecule has 0 rings (SSSR count). The highest BCUT2D eigenvalue weighted by molar-refractivity contribution is 8.13. The maximum Gasteiger partial charge on any atom is 0.370 e. The lowest BCUT2D eigenvalue weighted by molar-refractivity contribution is -0.167. The van der Waals surface area contributed by atoms with Gasteiger partial charge in [-0.2, -0.15) is 12.6 Å². The second-order valence-electron chi connectivity index (χ2n) is 6.24. The first-order valence-electron chi connectivity index (χ1n) is 8.14. The monoisotopic (exact) mass is 439 g/mol. The Morgan fingerprint density at radius 2 is 1.50 bits per heavy atom. The number of esters is 3. The average molecular weight is 440 g/mol. The van der Waals surface area contributed by atoms with Crippen molar-refractivity contribution in [2.75, 3.05) is 19.3 Å². The summed E-state index contributed by atoms with van der Waals surface area (Å²) in [6, 6.07) is -1.23. The van der Waals surface area contributed by atoms with E-state index < -0.39 is 53.5 Å². The summed E-state index contributed by atoms with van der Waals surface area (Å²) in [5, 5.41) is 1.57. The predicted molar refractivity (Wildman–Crippen MR) is 102 cm³/mol. The van der Waals surface area contributed by atoms with E-state index in [0.29, 0.717) is 11.8 Å². The number of rotatable bonds is 10. The van der Waals surface area contributed by atoms with E-state index in [2.05, 4.69) is 22.7 Å². The molecule has 0 fully saturated rings. The Bertz CT molecular complexity index is 587. The minimum Gasteiger partial charge on any atom is -0.428 e. The zero-order valence-corrected chi connectivity index (χ0v) is 18.0. The number of thioether (sulfide) groups is 1. The lowest BCUT2D eigenvalue weighted by Crippen LogP contribution is -2.49. The number of hydrogen-bond acceptors (Lipinski definition) is 11. The molecular weight excluding hydrogens is 414 g/mol. The number of ether oxygens (including phenoxy) is 4. The van der Waals surface area contributed by atoms with Gasteiger partial charge in [0, 0.05) is 12.7 Å². The highest BCUT2D eigenvalue weighted by Gasteiger charge is 2.30. The Morgan fingerprint density at radius 1 is 0.964 bits per heavy atom. The second kappa shape index (κ2) is 12.5. The summed E-state index contributed by atoms with van der Waals surface area (Å²) in [5.74, 6) is -3.29. The minimum atomic E-state index is -1.23. The van der Waals surface area contributed by atoms with Gasteiger partial charge < -0.3 is 24.3 Å². The van der Waals surface area contributed by atoms with Crippen LogP contribution in [0.15, 0.2) is 0 Å². The summed E-state index contributed by atoms with van der Waals surface area (Å²) < 4.78 is 17.6. The molecule has 0 aromatic rings. The van der Waals surface area contributed by atoms with Crippen LogP contribution in [-0.4, -0.2) is 59.2 Å². The molecule has 1 atom stereocenters. The number of carbonyl (C=O) groups is 5. The van der Waals surface area contributed by atoms with Crippen LogP contribution in [0.2, 0.25) is 0 Å². The van der Waals surface area contributed by atoms with Crippen LogP contribution < -0.4 is 5.32 Å². The quantitative estimate of drug-likeness (QED) is 0.291. The number of carbonyl (C=O) groups excluding carboxylic acids is 5. The molecule has 0 bridgehead atoms. The van der Waals surface area contributed by atoms with Gasteiger partial charge in [-0.1, -0.05) is 13.8 Å². The highest BCUT2D eigenvalue weighted by Crippen LogP contribution is 2.14. The fraction of sp³-hybridized carbons (Fsp3) is 0.688. The van der Waals surface area contributed by atoms with E-state index in [9.17, 15) is 24.0 Å². The molecule has 0 saturated carbocycles. The molecule has 0 radical (unpaired) electrons. The molecule has 28 heavy (non-hydrogen) atoms. The van der Waals surface area contributed by atoms with E-state index in [1.807, 2.05) is 0 Å². The molecular formula is C16H25NO9S2. The number of nitrogens with one attached hydrogen (secondary N) is 1. The SMILES string of the molecule is CC(=O)OCOC(=O)[C@H](CSC(=O)OCOC(=O)C(C)C)NC(=O)C(C)(C)S. The molecule has 12 heteroatoms. The number of hydrogen-bond donors (Lipinski definition) is 2. The van der Waals surface area contributed by atoms with Crippen molar-refractivity contribution in [1.82, 2.24) is 5.32 Å². The van der Waals surface area contributed by atoms with Crippen LogP contribution in [0.1, 0.15) is 34.6 Å². The molecule has 0 heterocycles. The summed E-state index contributed by atoms with van der Waals surface area (Å²) in [7, 11) is 0. The van der Waals surface area contributed by atoms with Gasteiger partial charge in [0.25, 0.3) is 0 Å². The van der Waals surface area contributed by atoms with Crippen molar-refractivity contribution in [3.8, 4) is 0 Å². The summed E-state index contributed by atoms with van der Waals surface area (Å²) in [4.78, 5) is 57.8. The fourth-order valence-electron chi connectivity index (χ4n) is 1.27. The van der Waals surface area contributed by atoms with Gasteiger partial charge >= 0.3 is 23.2 Å². The van der Waals surface area contributed by atoms with Gasteiger partial charge in [-0.25, -0.2) is 9.59 Å². The Morgan fingerprint density at radius 3 is 2.00 bits per heavy atom. The molecule has 0 aliphatic rings. The molecule has 10 nitrogen and oxygen atoms in total. The molecule has 0 spiro atoms. The molecule has 1 amide bonds. The van der Waals surface area contributed by atoms with E-state index in [0.717, 1.165) is 6.92 Å². The first-order valence-corrected chi connectivity index (χ1v) is 9.57. The molecule has 1 N–H and O–H groups in total. The third-order valence-corrected chi connectivity index (χ3v) is 3.88. The standard InChI is InChI=1S/C16H25NO9S2/c1-9(2)12(19)24-8-26-15(22)28-6-11(17-14(21)16(4,5)27)13(20)25-7-23-10(3)18/h9,11,27H,6-8H2,1-5H3,(H,17,21)/t11-/m0/s1. The Balaban J connectivity index is 4.67. The first kappa shape index (κ1) is 26.1. The molecule has 0 saturated heterocycles. The second-order valence-corrected chi connectivity index (χ2v) is 8.32. The van der Waals surface area contributed by atoms with E-state index in [-0.39, 0.29) is 11.7 Å².